The molecule has 1 aromatic heterocycles. The Morgan fingerprint density at radius 2 is 2.11 bits per heavy atom. The number of aromatic nitrogens is 1. The summed E-state index contributed by atoms with van der Waals surface area (Å²) in [5.74, 6) is -2.67. The van der Waals surface area contributed by atoms with E-state index >= 15 is 0 Å². The van der Waals surface area contributed by atoms with Crippen LogP contribution in [0.1, 0.15) is 17.4 Å². The molecular formula is C18H18FN3O5. The number of hydrogen-bond donors (Lipinski definition) is 2. The zero-order chi connectivity index (χ0) is 19.6. The lowest BCUT2D eigenvalue weighted by Gasteiger charge is -2.37. The molecule has 0 radical (unpaired) electrons. The molecule has 1 aliphatic heterocycles. The summed E-state index contributed by atoms with van der Waals surface area (Å²) in [6.45, 7) is 1.58. The Bertz CT molecular complexity index is 904. The number of amides is 2. The van der Waals surface area contributed by atoms with Gasteiger partial charge >= 0.3 is 5.97 Å². The van der Waals surface area contributed by atoms with Crippen LogP contribution in [0.2, 0.25) is 0 Å². The topological polar surface area (TPSA) is 109 Å². The third kappa shape index (κ3) is 4.03. The Balaban J connectivity index is 1.67. The number of halogens is 1. The van der Waals surface area contributed by atoms with E-state index in [9.17, 15) is 23.9 Å². The second-order valence-electron chi connectivity index (χ2n) is 6.16. The minimum absolute atomic E-state index is 0.0760. The second kappa shape index (κ2) is 7.67. The van der Waals surface area contributed by atoms with Crippen molar-refractivity contribution in [2.24, 2.45) is 0 Å². The average Bonchev–Trinajstić information content (AvgIpc) is 2.64. The van der Waals surface area contributed by atoms with Gasteiger partial charge in [-0.1, -0.05) is 6.07 Å². The van der Waals surface area contributed by atoms with Gasteiger partial charge in [-0.3, -0.25) is 9.59 Å². The molecule has 1 unspecified atom stereocenters. The molecule has 0 bridgehead atoms. The summed E-state index contributed by atoms with van der Waals surface area (Å²) in [6, 6.07) is 5.90. The van der Waals surface area contributed by atoms with Gasteiger partial charge < -0.3 is 20.1 Å². The number of nitrogens with one attached hydrogen (secondary N) is 1. The molecule has 1 saturated heterocycles. The van der Waals surface area contributed by atoms with E-state index in [1.807, 2.05) is 0 Å². The number of carbonyl (C=O) groups is 3. The number of carboxylic acids is 1. The SMILES string of the molecule is C[C@H]1OCCN(C(=O)CNC(=O)c2ccc3cc(F)ccc3n2)C1C(=O)O. The molecule has 2 N–H and O–H groups in total. The van der Waals surface area contributed by atoms with Gasteiger partial charge in [-0.25, -0.2) is 14.2 Å². The van der Waals surface area contributed by atoms with Gasteiger partial charge in [0.25, 0.3) is 5.91 Å². The van der Waals surface area contributed by atoms with Crippen molar-refractivity contribution < 1.29 is 28.6 Å². The largest absolute Gasteiger partial charge is 0.480 e. The highest BCUT2D eigenvalue weighted by atomic mass is 19.1. The fourth-order valence-electron chi connectivity index (χ4n) is 3.01. The van der Waals surface area contributed by atoms with E-state index < -0.39 is 35.7 Å². The summed E-state index contributed by atoms with van der Waals surface area (Å²) in [7, 11) is 0. The summed E-state index contributed by atoms with van der Waals surface area (Å²) >= 11 is 0. The van der Waals surface area contributed by atoms with E-state index in [2.05, 4.69) is 10.3 Å². The Kier molecular flexibility index (Phi) is 5.31. The van der Waals surface area contributed by atoms with Crippen molar-refractivity contribution in [1.82, 2.24) is 15.2 Å². The fraction of sp³-hybridized carbons (Fsp3) is 0.333. The summed E-state index contributed by atoms with van der Waals surface area (Å²) < 4.78 is 18.5. The highest BCUT2D eigenvalue weighted by Gasteiger charge is 2.37. The number of carbonyl (C=O) groups excluding carboxylic acids is 2. The fourth-order valence-corrected chi connectivity index (χ4v) is 3.01. The maximum absolute atomic E-state index is 13.2. The molecule has 1 aromatic carbocycles. The van der Waals surface area contributed by atoms with Gasteiger partial charge in [0.05, 0.1) is 24.8 Å². The summed E-state index contributed by atoms with van der Waals surface area (Å²) in [6.07, 6.45) is -0.640. The first-order valence-corrected chi connectivity index (χ1v) is 8.35. The third-order valence-corrected chi connectivity index (χ3v) is 4.35. The predicted molar refractivity (Wildman–Crippen MR) is 92.6 cm³/mol. The standard InChI is InChI=1S/C18H18FN3O5/c1-10-16(18(25)26)22(6-7-27-10)15(23)9-20-17(24)14-4-2-11-8-12(19)3-5-13(11)21-14/h2-5,8,10,16H,6-7,9H2,1H3,(H,20,24)(H,25,26)/t10-,16?/m1/s1. The lowest BCUT2D eigenvalue weighted by Crippen LogP contribution is -2.58. The number of ether oxygens (including phenoxy) is 1. The molecule has 3 rings (SSSR count). The predicted octanol–water partition coefficient (Wildman–Crippen LogP) is 0.804. The molecule has 0 aliphatic carbocycles. The maximum atomic E-state index is 13.2. The molecule has 2 heterocycles. The zero-order valence-electron chi connectivity index (χ0n) is 14.5. The first-order valence-electron chi connectivity index (χ1n) is 8.35. The van der Waals surface area contributed by atoms with Crippen LogP contribution in [0.15, 0.2) is 30.3 Å². The van der Waals surface area contributed by atoms with Gasteiger partial charge in [-0.05, 0) is 31.2 Å². The summed E-state index contributed by atoms with van der Waals surface area (Å²) in [5.41, 5.74) is 0.523. The molecule has 2 atom stereocenters. The summed E-state index contributed by atoms with van der Waals surface area (Å²) in [4.78, 5) is 41.4. The number of rotatable bonds is 4. The van der Waals surface area contributed by atoms with Gasteiger partial charge in [0.2, 0.25) is 5.91 Å². The van der Waals surface area contributed by atoms with Crippen molar-refractivity contribution in [2.75, 3.05) is 19.7 Å². The number of morpholine rings is 1. The first kappa shape index (κ1) is 18.7. The molecule has 1 aliphatic rings. The van der Waals surface area contributed by atoms with Crippen molar-refractivity contribution in [3.05, 3.63) is 41.8 Å². The lowest BCUT2D eigenvalue weighted by molar-refractivity contribution is -0.164. The minimum Gasteiger partial charge on any atom is -0.480 e. The summed E-state index contributed by atoms with van der Waals surface area (Å²) in [5, 5.41) is 12.3. The molecule has 0 saturated carbocycles. The number of nitrogens with zero attached hydrogens (tertiary/aromatic N) is 2. The Morgan fingerprint density at radius 1 is 1.33 bits per heavy atom. The molecular weight excluding hydrogens is 357 g/mol. The van der Waals surface area contributed by atoms with Crippen LogP contribution in [-0.4, -0.2) is 64.6 Å². The van der Waals surface area contributed by atoms with Crippen LogP contribution in [0.4, 0.5) is 4.39 Å². The molecule has 9 heteroatoms. The molecule has 27 heavy (non-hydrogen) atoms. The van der Waals surface area contributed by atoms with Crippen LogP contribution in [0, 0.1) is 5.82 Å². The Morgan fingerprint density at radius 3 is 2.85 bits per heavy atom. The van der Waals surface area contributed by atoms with E-state index in [1.54, 1.807) is 13.0 Å². The highest BCUT2D eigenvalue weighted by Crippen LogP contribution is 2.15. The maximum Gasteiger partial charge on any atom is 0.329 e. The molecule has 2 amide bonds. The van der Waals surface area contributed by atoms with Crippen molar-refractivity contribution in [1.29, 1.82) is 0 Å². The number of pyridine rings is 1. The number of benzene rings is 1. The molecule has 8 nitrogen and oxygen atoms in total. The Hall–Kier alpha value is -3.07. The van der Waals surface area contributed by atoms with Crippen LogP contribution in [0.25, 0.3) is 10.9 Å². The van der Waals surface area contributed by atoms with E-state index in [4.69, 9.17) is 4.74 Å². The van der Waals surface area contributed by atoms with Crippen molar-refractivity contribution >= 4 is 28.7 Å². The number of fused-ring (bicyclic) bond motifs is 1. The van der Waals surface area contributed by atoms with E-state index in [1.165, 1.54) is 29.2 Å². The van der Waals surface area contributed by atoms with Crippen LogP contribution < -0.4 is 5.32 Å². The normalized spacial score (nSPS) is 19.7. The number of aliphatic carboxylic acids is 1. The van der Waals surface area contributed by atoms with Gasteiger partial charge in [0, 0.05) is 11.9 Å². The van der Waals surface area contributed by atoms with Crippen molar-refractivity contribution in [3.8, 4) is 0 Å². The Labute approximate surface area is 153 Å². The average molecular weight is 375 g/mol. The molecule has 1 fully saturated rings. The lowest BCUT2D eigenvalue weighted by atomic mass is 10.1. The first-order chi connectivity index (χ1) is 12.9. The number of carboxylic acid groups (broad SMARTS) is 1. The monoisotopic (exact) mass is 375 g/mol. The van der Waals surface area contributed by atoms with Crippen LogP contribution >= 0.6 is 0 Å². The van der Waals surface area contributed by atoms with Crippen LogP contribution in [0.5, 0.6) is 0 Å². The van der Waals surface area contributed by atoms with Gasteiger partial charge in [0.1, 0.15) is 11.5 Å². The number of hydrogen-bond acceptors (Lipinski definition) is 5. The van der Waals surface area contributed by atoms with E-state index in [0.29, 0.717) is 10.9 Å². The smallest absolute Gasteiger partial charge is 0.329 e. The highest BCUT2D eigenvalue weighted by molar-refractivity contribution is 5.97. The van der Waals surface area contributed by atoms with E-state index in [-0.39, 0.29) is 25.4 Å². The third-order valence-electron chi connectivity index (χ3n) is 4.35. The van der Waals surface area contributed by atoms with Gasteiger partial charge in [-0.15, -0.1) is 0 Å². The van der Waals surface area contributed by atoms with Gasteiger partial charge in [-0.2, -0.15) is 0 Å². The minimum atomic E-state index is -1.16. The molecule has 2 aromatic rings. The van der Waals surface area contributed by atoms with Gasteiger partial charge in [0.15, 0.2) is 6.04 Å². The van der Waals surface area contributed by atoms with Crippen molar-refractivity contribution in [2.45, 2.75) is 19.1 Å². The van der Waals surface area contributed by atoms with E-state index in [0.717, 1.165) is 0 Å². The quantitative estimate of drug-likeness (QED) is 0.818. The van der Waals surface area contributed by atoms with Crippen LogP contribution in [-0.2, 0) is 14.3 Å². The molecule has 142 valence electrons. The van der Waals surface area contributed by atoms with Crippen molar-refractivity contribution in [3.63, 3.8) is 0 Å². The zero-order valence-corrected chi connectivity index (χ0v) is 14.5. The second-order valence-corrected chi connectivity index (χ2v) is 6.16. The van der Waals surface area contributed by atoms with Crippen LogP contribution in [0.3, 0.4) is 0 Å². The molecule has 0 spiro atoms.